The predicted octanol–water partition coefficient (Wildman–Crippen LogP) is 3.60. The van der Waals surface area contributed by atoms with Gasteiger partial charge in [0.05, 0.1) is 17.0 Å². The molecule has 3 rings (SSSR count). The molecular formula is C15H12ClFN4O2S. The fraction of sp³-hybridized carbons (Fsp3) is 0.133. The highest BCUT2D eigenvalue weighted by molar-refractivity contribution is 7.99. The first-order valence-corrected chi connectivity index (χ1v) is 8.22. The molecule has 1 N–H and O–H groups in total. The van der Waals surface area contributed by atoms with Crippen LogP contribution < -0.4 is 5.32 Å². The second-order valence-corrected chi connectivity index (χ2v) is 6.16. The number of furan rings is 1. The van der Waals surface area contributed by atoms with E-state index in [4.69, 9.17) is 16.0 Å². The first-order chi connectivity index (χ1) is 11.5. The van der Waals surface area contributed by atoms with E-state index >= 15 is 0 Å². The average Bonchev–Trinajstić information content (AvgIpc) is 3.19. The van der Waals surface area contributed by atoms with Crippen molar-refractivity contribution in [2.24, 2.45) is 7.05 Å². The molecule has 0 radical (unpaired) electrons. The highest BCUT2D eigenvalue weighted by Gasteiger charge is 2.14. The molecule has 2 heterocycles. The SMILES string of the molecule is Cn1c(SCC(=O)Nc2ccc(F)c(Cl)c2)nnc1-c1ccco1. The Morgan fingerprint density at radius 1 is 1.42 bits per heavy atom. The van der Waals surface area contributed by atoms with E-state index in [0.717, 1.165) is 0 Å². The summed E-state index contributed by atoms with van der Waals surface area (Å²) in [5, 5.41) is 11.3. The molecule has 0 spiro atoms. The van der Waals surface area contributed by atoms with E-state index in [1.165, 1.54) is 30.0 Å². The Morgan fingerprint density at radius 3 is 2.96 bits per heavy atom. The third kappa shape index (κ3) is 3.60. The molecule has 0 unspecified atom stereocenters. The maximum Gasteiger partial charge on any atom is 0.234 e. The van der Waals surface area contributed by atoms with Crippen LogP contribution in [-0.2, 0) is 11.8 Å². The summed E-state index contributed by atoms with van der Waals surface area (Å²) >= 11 is 6.91. The van der Waals surface area contributed by atoms with Crippen LogP contribution in [0.2, 0.25) is 5.02 Å². The fourth-order valence-corrected chi connectivity index (χ4v) is 2.85. The molecule has 0 aliphatic carbocycles. The number of amides is 1. The molecule has 6 nitrogen and oxygen atoms in total. The maximum atomic E-state index is 13.1. The van der Waals surface area contributed by atoms with E-state index in [1.807, 2.05) is 0 Å². The van der Waals surface area contributed by atoms with Gasteiger partial charge in [0, 0.05) is 12.7 Å². The van der Waals surface area contributed by atoms with Crippen LogP contribution in [0.1, 0.15) is 0 Å². The van der Waals surface area contributed by atoms with Crippen LogP contribution in [0.4, 0.5) is 10.1 Å². The zero-order valence-corrected chi connectivity index (χ0v) is 14.1. The molecule has 0 bridgehead atoms. The van der Waals surface area contributed by atoms with Crippen LogP contribution in [0.15, 0.2) is 46.2 Å². The first-order valence-electron chi connectivity index (χ1n) is 6.85. The van der Waals surface area contributed by atoms with Gasteiger partial charge in [-0.2, -0.15) is 0 Å². The molecule has 2 aromatic heterocycles. The number of benzene rings is 1. The predicted molar refractivity (Wildman–Crippen MR) is 89.5 cm³/mol. The molecule has 0 saturated heterocycles. The van der Waals surface area contributed by atoms with Crippen LogP contribution >= 0.6 is 23.4 Å². The zero-order chi connectivity index (χ0) is 17.1. The van der Waals surface area contributed by atoms with Gasteiger partial charge in [0.2, 0.25) is 5.91 Å². The van der Waals surface area contributed by atoms with Crippen molar-refractivity contribution in [2.75, 3.05) is 11.1 Å². The number of nitrogens with zero attached hydrogens (tertiary/aromatic N) is 3. The Kier molecular flexibility index (Phi) is 4.86. The largest absolute Gasteiger partial charge is 0.461 e. The van der Waals surface area contributed by atoms with Gasteiger partial charge < -0.3 is 14.3 Å². The molecule has 0 atom stereocenters. The minimum atomic E-state index is -0.534. The summed E-state index contributed by atoms with van der Waals surface area (Å²) in [7, 11) is 1.79. The van der Waals surface area contributed by atoms with Crippen molar-refractivity contribution in [3.05, 3.63) is 47.4 Å². The highest BCUT2D eigenvalue weighted by Crippen LogP contribution is 2.23. The normalized spacial score (nSPS) is 10.8. The zero-order valence-electron chi connectivity index (χ0n) is 12.5. The van der Waals surface area contributed by atoms with Crippen molar-refractivity contribution in [2.45, 2.75) is 5.16 Å². The number of carbonyl (C=O) groups is 1. The summed E-state index contributed by atoms with van der Waals surface area (Å²) in [6.07, 6.45) is 1.55. The number of thioether (sulfide) groups is 1. The van der Waals surface area contributed by atoms with E-state index in [2.05, 4.69) is 15.5 Å². The number of hydrogen-bond donors (Lipinski definition) is 1. The van der Waals surface area contributed by atoms with Crippen LogP contribution in [0.25, 0.3) is 11.6 Å². The number of nitrogens with one attached hydrogen (secondary N) is 1. The number of halogens is 2. The molecule has 1 amide bonds. The number of hydrogen-bond acceptors (Lipinski definition) is 5. The van der Waals surface area contributed by atoms with Crippen molar-refractivity contribution >= 4 is 35.0 Å². The quantitative estimate of drug-likeness (QED) is 0.698. The molecule has 124 valence electrons. The van der Waals surface area contributed by atoms with Crippen LogP contribution in [0.3, 0.4) is 0 Å². The summed E-state index contributed by atoms with van der Waals surface area (Å²) in [4.78, 5) is 12.0. The molecule has 0 aliphatic heterocycles. The third-order valence-corrected chi connectivity index (χ3v) is 4.42. The van der Waals surface area contributed by atoms with Gasteiger partial charge in [0.25, 0.3) is 0 Å². The molecule has 0 fully saturated rings. The Hall–Kier alpha value is -2.32. The highest BCUT2D eigenvalue weighted by atomic mass is 35.5. The van der Waals surface area contributed by atoms with E-state index in [1.54, 1.807) is 30.0 Å². The fourth-order valence-electron chi connectivity index (χ4n) is 1.96. The average molecular weight is 367 g/mol. The summed E-state index contributed by atoms with van der Waals surface area (Å²) < 4.78 is 20.1. The lowest BCUT2D eigenvalue weighted by molar-refractivity contribution is -0.113. The van der Waals surface area contributed by atoms with Crippen molar-refractivity contribution < 1.29 is 13.6 Å². The van der Waals surface area contributed by atoms with Gasteiger partial charge in [-0.15, -0.1) is 10.2 Å². The van der Waals surface area contributed by atoms with Gasteiger partial charge in [-0.05, 0) is 30.3 Å². The Bertz CT molecular complexity index is 866. The molecule has 0 aliphatic rings. The van der Waals surface area contributed by atoms with E-state index in [-0.39, 0.29) is 16.7 Å². The Labute approximate surface area is 146 Å². The van der Waals surface area contributed by atoms with E-state index in [9.17, 15) is 9.18 Å². The Morgan fingerprint density at radius 2 is 2.25 bits per heavy atom. The van der Waals surface area contributed by atoms with Crippen LogP contribution in [-0.4, -0.2) is 26.4 Å². The smallest absolute Gasteiger partial charge is 0.234 e. The third-order valence-electron chi connectivity index (χ3n) is 3.11. The first kappa shape index (κ1) is 16.5. The topological polar surface area (TPSA) is 73.0 Å². The molecule has 0 saturated carbocycles. The van der Waals surface area contributed by atoms with Crippen molar-refractivity contribution in [3.8, 4) is 11.6 Å². The lowest BCUT2D eigenvalue weighted by Gasteiger charge is -2.06. The van der Waals surface area contributed by atoms with Gasteiger partial charge >= 0.3 is 0 Å². The van der Waals surface area contributed by atoms with Crippen LogP contribution in [0, 0.1) is 5.82 Å². The number of carbonyl (C=O) groups excluding carboxylic acids is 1. The van der Waals surface area contributed by atoms with Crippen molar-refractivity contribution in [1.29, 1.82) is 0 Å². The standard InChI is InChI=1S/C15H12ClFN4O2S/c1-21-14(12-3-2-6-23-12)19-20-15(21)24-8-13(22)18-9-4-5-11(17)10(16)7-9/h2-7H,8H2,1H3,(H,18,22). The Balaban J connectivity index is 1.61. The summed E-state index contributed by atoms with van der Waals surface area (Å²) in [6, 6.07) is 7.54. The number of anilines is 1. The van der Waals surface area contributed by atoms with E-state index < -0.39 is 5.82 Å². The van der Waals surface area contributed by atoms with Gasteiger partial charge in [-0.25, -0.2) is 4.39 Å². The van der Waals surface area contributed by atoms with Crippen molar-refractivity contribution in [3.63, 3.8) is 0 Å². The molecule has 24 heavy (non-hydrogen) atoms. The van der Waals surface area contributed by atoms with Gasteiger partial charge in [-0.1, -0.05) is 23.4 Å². The second kappa shape index (κ2) is 7.06. The maximum absolute atomic E-state index is 13.1. The number of rotatable bonds is 5. The summed E-state index contributed by atoms with van der Waals surface area (Å²) in [5.74, 6) is 0.508. The number of aromatic nitrogens is 3. The summed E-state index contributed by atoms with van der Waals surface area (Å²) in [6.45, 7) is 0. The molecular weight excluding hydrogens is 355 g/mol. The lowest BCUT2D eigenvalue weighted by Crippen LogP contribution is -2.14. The second-order valence-electron chi connectivity index (χ2n) is 4.81. The minimum Gasteiger partial charge on any atom is -0.461 e. The minimum absolute atomic E-state index is 0.0446. The lowest BCUT2D eigenvalue weighted by atomic mass is 10.3. The monoisotopic (exact) mass is 366 g/mol. The van der Waals surface area contributed by atoms with Gasteiger partial charge in [0.15, 0.2) is 16.7 Å². The molecule has 3 aromatic rings. The molecule has 1 aromatic carbocycles. The van der Waals surface area contributed by atoms with Gasteiger partial charge in [-0.3, -0.25) is 4.79 Å². The van der Waals surface area contributed by atoms with Gasteiger partial charge in [0.1, 0.15) is 5.82 Å². The van der Waals surface area contributed by atoms with Crippen LogP contribution in [0.5, 0.6) is 0 Å². The van der Waals surface area contributed by atoms with Crippen molar-refractivity contribution in [1.82, 2.24) is 14.8 Å². The molecule has 9 heteroatoms. The summed E-state index contributed by atoms with van der Waals surface area (Å²) in [5.41, 5.74) is 0.432. The van der Waals surface area contributed by atoms with E-state index in [0.29, 0.717) is 22.4 Å².